The summed E-state index contributed by atoms with van der Waals surface area (Å²) < 4.78 is 6.97. The van der Waals surface area contributed by atoms with Crippen molar-refractivity contribution in [2.45, 2.75) is 25.9 Å². The molecule has 0 radical (unpaired) electrons. The number of benzene rings is 1. The van der Waals surface area contributed by atoms with Gasteiger partial charge in [-0.3, -0.25) is 4.79 Å². The number of rotatable bonds is 2. The maximum Gasteiger partial charge on any atom is 0.263 e. The van der Waals surface area contributed by atoms with Gasteiger partial charge in [0.25, 0.3) is 5.91 Å². The van der Waals surface area contributed by atoms with Gasteiger partial charge in [-0.2, -0.15) is 4.98 Å². The van der Waals surface area contributed by atoms with E-state index >= 15 is 0 Å². The van der Waals surface area contributed by atoms with Crippen LogP contribution in [-0.4, -0.2) is 45.0 Å². The summed E-state index contributed by atoms with van der Waals surface area (Å²) >= 11 is 7.55. The number of nitrogens with zero attached hydrogens (tertiary/aromatic N) is 4. The molecule has 2 aliphatic rings. The maximum absolute atomic E-state index is 12.6. The van der Waals surface area contributed by atoms with Crippen LogP contribution < -0.4 is 20.7 Å². The van der Waals surface area contributed by atoms with Gasteiger partial charge in [0.05, 0.1) is 34.2 Å². The largest absolute Gasteiger partial charge is 0.418 e. The normalized spacial score (nSPS) is 17.9. The second-order valence-electron chi connectivity index (χ2n) is 7.83. The van der Waals surface area contributed by atoms with Gasteiger partial charge in [-0.25, -0.2) is 15.0 Å². The maximum atomic E-state index is 12.6. The first-order valence-electron chi connectivity index (χ1n) is 10.3. The first-order valence-corrected chi connectivity index (χ1v) is 11.5. The lowest BCUT2D eigenvalue weighted by Gasteiger charge is -2.18. The van der Waals surface area contributed by atoms with Gasteiger partial charge in [-0.1, -0.05) is 0 Å². The fourth-order valence-corrected chi connectivity index (χ4v) is 5.35. The van der Waals surface area contributed by atoms with Crippen molar-refractivity contribution in [2.75, 3.05) is 18.4 Å². The Labute approximate surface area is 191 Å². The number of fused-ring (bicyclic) bond motifs is 6. The van der Waals surface area contributed by atoms with E-state index in [4.69, 9.17) is 16.3 Å². The van der Waals surface area contributed by atoms with Crippen LogP contribution in [0.15, 0.2) is 18.3 Å². The lowest BCUT2D eigenvalue weighted by Crippen LogP contribution is -2.34. The summed E-state index contributed by atoms with van der Waals surface area (Å²) in [5.41, 5.74) is 3.95. The zero-order chi connectivity index (χ0) is 21.8. The topological polar surface area (TPSA) is 114 Å². The lowest BCUT2D eigenvalue weighted by molar-refractivity contribution is 0.0949. The quantitative estimate of drug-likeness (QED) is 0.385. The molecule has 9 nitrogen and oxygen atoms in total. The number of carbonyl (C=O) groups is 1. The second kappa shape index (κ2) is 7.51. The number of anilines is 1. The Bertz CT molecular complexity index is 1410. The van der Waals surface area contributed by atoms with E-state index in [9.17, 15) is 4.79 Å². The molecule has 1 aromatic carbocycles. The van der Waals surface area contributed by atoms with Crippen molar-refractivity contribution < 1.29 is 9.53 Å². The summed E-state index contributed by atoms with van der Waals surface area (Å²) in [6.45, 7) is 4.06. The number of nitrogens with one attached hydrogen (secondary N) is 3. The molecule has 0 bridgehead atoms. The Balaban J connectivity index is 1.44. The molecule has 1 amide bonds. The SMILES string of the molecule is C[C@@H]1CNc2c(sc3ccc4nc(Oc5nc(Cl)nc6c5CNCC6)cnc4c23)C(=O)N1. The molecule has 0 spiro atoms. The van der Waals surface area contributed by atoms with Crippen LogP contribution in [0, 0.1) is 0 Å². The van der Waals surface area contributed by atoms with Crippen molar-refractivity contribution in [3.8, 4) is 11.8 Å². The third-order valence-electron chi connectivity index (χ3n) is 5.58. The van der Waals surface area contributed by atoms with Gasteiger partial charge >= 0.3 is 0 Å². The Morgan fingerprint density at radius 1 is 1.25 bits per heavy atom. The molecular weight excluding hydrogens is 450 g/mol. The molecule has 0 saturated heterocycles. The van der Waals surface area contributed by atoms with E-state index in [1.54, 1.807) is 6.20 Å². The Morgan fingerprint density at radius 3 is 3.06 bits per heavy atom. The predicted octanol–water partition coefficient (Wildman–Crippen LogP) is 3.27. The smallest absolute Gasteiger partial charge is 0.263 e. The number of thiophene rings is 1. The van der Waals surface area contributed by atoms with Crippen LogP contribution in [0.25, 0.3) is 21.1 Å². The molecule has 0 unspecified atom stereocenters. The minimum atomic E-state index is -0.0706. The third kappa shape index (κ3) is 3.22. The number of ether oxygens (including phenoxy) is 1. The molecule has 2 aliphatic heterocycles. The Morgan fingerprint density at radius 2 is 2.16 bits per heavy atom. The highest BCUT2D eigenvalue weighted by Gasteiger charge is 2.25. The first-order chi connectivity index (χ1) is 15.6. The molecule has 0 saturated carbocycles. The summed E-state index contributed by atoms with van der Waals surface area (Å²) in [5, 5.41) is 10.7. The van der Waals surface area contributed by atoms with E-state index in [0.717, 1.165) is 40.0 Å². The third-order valence-corrected chi connectivity index (χ3v) is 6.90. The summed E-state index contributed by atoms with van der Waals surface area (Å²) in [5.74, 6) is 0.637. The van der Waals surface area contributed by atoms with Gasteiger partial charge in [-0.05, 0) is 30.7 Å². The highest BCUT2D eigenvalue weighted by Crippen LogP contribution is 2.40. The summed E-state index contributed by atoms with van der Waals surface area (Å²) in [4.78, 5) is 31.1. The monoisotopic (exact) mass is 467 g/mol. The van der Waals surface area contributed by atoms with Crippen molar-refractivity contribution in [3.05, 3.63) is 39.7 Å². The molecule has 3 aromatic heterocycles. The minimum absolute atomic E-state index is 0.0401. The average molecular weight is 468 g/mol. The van der Waals surface area contributed by atoms with E-state index in [-0.39, 0.29) is 17.2 Å². The number of aromatic nitrogens is 4. The summed E-state index contributed by atoms with van der Waals surface area (Å²) in [6, 6.07) is 3.89. The van der Waals surface area contributed by atoms with Crippen LogP contribution in [0.3, 0.4) is 0 Å². The average Bonchev–Trinajstić information content (AvgIpc) is 3.10. The van der Waals surface area contributed by atoms with Gasteiger partial charge in [-0.15, -0.1) is 11.3 Å². The van der Waals surface area contributed by atoms with Crippen LogP contribution in [-0.2, 0) is 13.0 Å². The zero-order valence-electron chi connectivity index (χ0n) is 17.0. The van der Waals surface area contributed by atoms with Gasteiger partial charge in [0, 0.05) is 42.2 Å². The van der Waals surface area contributed by atoms with E-state index in [1.165, 1.54) is 11.3 Å². The summed E-state index contributed by atoms with van der Waals surface area (Å²) in [6.07, 6.45) is 2.33. The molecule has 6 rings (SSSR count). The molecule has 5 heterocycles. The van der Waals surface area contributed by atoms with Crippen molar-refractivity contribution in [2.24, 2.45) is 0 Å². The molecule has 0 fully saturated rings. The number of carbonyl (C=O) groups excluding carboxylic acids is 1. The Kier molecular flexibility index (Phi) is 4.60. The number of halogens is 1. The van der Waals surface area contributed by atoms with Gasteiger partial charge in [0.1, 0.15) is 4.88 Å². The lowest BCUT2D eigenvalue weighted by atomic mass is 10.1. The zero-order valence-corrected chi connectivity index (χ0v) is 18.6. The number of hydrogen-bond donors (Lipinski definition) is 3. The molecule has 4 aromatic rings. The standard InChI is InChI=1S/C21H18ClN7O2S/c1-9-6-24-17-15-13(32-18(17)19(30)26-9)3-2-12-16(15)25-8-14(27-12)31-20-10-7-23-5-4-11(10)28-21(22)29-20/h2-3,8-9,23-24H,4-7H2,1H3,(H,26,30)/t9-/m1/s1. The van der Waals surface area contributed by atoms with Gasteiger partial charge < -0.3 is 20.7 Å². The molecule has 1 atom stereocenters. The molecule has 162 valence electrons. The van der Waals surface area contributed by atoms with Crippen molar-refractivity contribution in [1.82, 2.24) is 30.6 Å². The highest BCUT2D eigenvalue weighted by atomic mass is 35.5. The van der Waals surface area contributed by atoms with Crippen LogP contribution in [0.4, 0.5) is 5.69 Å². The van der Waals surface area contributed by atoms with Crippen molar-refractivity contribution >= 4 is 55.7 Å². The summed E-state index contributed by atoms with van der Waals surface area (Å²) in [7, 11) is 0. The Hall–Kier alpha value is -3.08. The number of amides is 1. The second-order valence-corrected chi connectivity index (χ2v) is 9.22. The molecule has 32 heavy (non-hydrogen) atoms. The first kappa shape index (κ1) is 19.6. The van der Waals surface area contributed by atoms with E-state index < -0.39 is 0 Å². The van der Waals surface area contributed by atoms with Crippen molar-refractivity contribution in [1.29, 1.82) is 0 Å². The van der Waals surface area contributed by atoms with Crippen molar-refractivity contribution in [3.63, 3.8) is 0 Å². The molecular formula is C21H18ClN7O2S. The van der Waals surface area contributed by atoms with E-state index in [0.29, 0.717) is 40.8 Å². The molecule has 11 heteroatoms. The van der Waals surface area contributed by atoms with Crippen LogP contribution in [0.5, 0.6) is 11.8 Å². The number of hydrogen-bond acceptors (Lipinski definition) is 9. The predicted molar refractivity (Wildman–Crippen MR) is 123 cm³/mol. The molecule has 3 N–H and O–H groups in total. The van der Waals surface area contributed by atoms with Crippen LogP contribution >= 0.6 is 22.9 Å². The van der Waals surface area contributed by atoms with Gasteiger partial charge in [0.15, 0.2) is 0 Å². The fraction of sp³-hybridized carbons (Fsp3) is 0.286. The van der Waals surface area contributed by atoms with Gasteiger partial charge in [0.2, 0.25) is 17.0 Å². The van der Waals surface area contributed by atoms with Crippen LogP contribution in [0.2, 0.25) is 5.28 Å². The van der Waals surface area contributed by atoms with Crippen LogP contribution in [0.1, 0.15) is 27.9 Å². The van der Waals surface area contributed by atoms with E-state index in [2.05, 4.69) is 35.9 Å². The fourth-order valence-electron chi connectivity index (χ4n) is 4.09. The van der Waals surface area contributed by atoms with E-state index in [1.807, 2.05) is 19.1 Å². The molecule has 0 aliphatic carbocycles. The highest BCUT2D eigenvalue weighted by molar-refractivity contribution is 7.21. The minimum Gasteiger partial charge on any atom is -0.418 e.